The normalized spacial score (nSPS) is 24.7. The van der Waals surface area contributed by atoms with Crippen LogP contribution in [-0.2, 0) is 0 Å². The maximum Gasteiger partial charge on any atom is 0.255 e. The first-order valence-corrected chi connectivity index (χ1v) is 11.5. The summed E-state index contributed by atoms with van der Waals surface area (Å²) < 4.78 is 11.6. The molecule has 4 rings (SSSR count). The highest BCUT2D eigenvalue weighted by Crippen LogP contribution is 2.40. The van der Waals surface area contributed by atoms with E-state index in [1.165, 1.54) is 0 Å². The number of carbonyl (C=O) groups is 1. The van der Waals surface area contributed by atoms with E-state index in [9.17, 15) is 9.90 Å². The zero-order valence-electron chi connectivity index (χ0n) is 19.4. The Balaban J connectivity index is 1.47. The first kappa shape index (κ1) is 22.5. The molecule has 32 heavy (non-hydrogen) atoms. The number of aliphatic hydroxyl groups is 1. The number of ether oxygens (including phenoxy) is 2. The monoisotopic (exact) mass is 438 g/mol. The Hall–Kier alpha value is -2.73. The van der Waals surface area contributed by atoms with Crippen molar-refractivity contribution in [1.82, 2.24) is 4.90 Å². The van der Waals surface area contributed by atoms with Gasteiger partial charge in [-0.1, -0.05) is 17.7 Å². The molecule has 6 heteroatoms. The number of amides is 1. The van der Waals surface area contributed by atoms with Gasteiger partial charge < -0.3 is 24.8 Å². The van der Waals surface area contributed by atoms with E-state index in [0.717, 1.165) is 46.8 Å². The zero-order valence-corrected chi connectivity index (χ0v) is 19.4. The van der Waals surface area contributed by atoms with Gasteiger partial charge in [0.05, 0.1) is 18.8 Å². The van der Waals surface area contributed by atoms with E-state index in [2.05, 4.69) is 5.32 Å². The van der Waals surface area contributed by atoms with Crippen LogP contribution >= 0.6 is 0 Å². The molecule has 2 aromatic carbocycles. The summed E-state index contributed by atoms with van der Waals surface area (Å²) in [5, 5.41) is 14.1. The van der Waals surface area contributed by atoms with Gasteiger partial charge in [0.1, 0.15) is 17.6 Å². The van der Waals surface area contributed by atoms with Gasteiger partial charge in [0, 0.05) is 30.9 Å². The summed E-state index contributed by atoms with van der Waals surface area (Å²) in [6.45, 7) is 8.16. The van der Waals surface area contributed by atoms with E-state index in [0.29, 0.717) is 31.3 Å². The molecule has 0 radical (unpaired) electrons. The molecule has 4 atom stereocenters. The number of benzene rings is 2. The Morgan fingerprint density at radius 3 is 2.56 bits per heavy atom. The van der Waals surface area contributed by atoms with Gasteiger partial charge in [-0.3, -0.25) is 4.79 Å². The number of aliphatic hydroxyl groups excluding tert-OH is 1. The van der Waals surface area contributed by atoms with Gasteiger partial charge in [-0.15, -0.1) is 0 Å². The van der Waals surface area contributed by atoms with Gasteiger partial charge in [-0.05, 0) is 69.7 Å². The minimum Gasteiger partial charge on any atom is -0.496 e. The standard InChI is InChI=1S/C26H34N2O4/c1-5-27-21-10-9-16(2)11-20(21)26(30)28-14-18-12-22(29)25(13-19(18)15-28)32-24-8-6-7-23(31-4)17(24)3/h6-11,18-19,22,25,27,29H,5,12-15H2,1-4H3/t18-,19+,22+,25+/m0/s1. The SMILES string of the molecule is CCNc1ccc(C)cc1C(=O)N1C[C@H]2C[C@@H](Oc3cccc(OC)c3C)[C@H](O)C[C@H]2C1. The van der Waals surface area contributed by atoms with Crippen LogP contribution in [0.1, 0.15) is 41.3 Å². The molecule has 0 aromatic heterocycles. The minimum atomic E-state index is -0.548. The second-order valence-electron chi connectivity index (χ2n) is 9.09. The smallest absolute Gasteiger partial charge is 0.255 e. The average Bonchev–Trinajstić information content (AvgIpc) is 3.19. The first-order chi connectivity index (χ1) is 15.4. The average molecular weight is 439 g/mol. The predicted molar refractivity (Wildman–Crippen MR) is 126 cm³/mol. The van der Waals surface area contributed by atoms with Gasteiger partial charge in [0.2, 0.25) is 0 Å². The molecule has 6 nitrogen and oxygen atoms in total. The number of hydrogen-bond donors (Lipinski definition) is 2. The van der Waals surface area contributed by atoms with Gasteiger partial charge in [0.15, 0.2) is 0 Å². The van der Waals surface area contributed by atoms with Gasteiger partial charge >= 0.3 is 0 Å². The Morgan fingerprint density at radius 1 is 1.12 bits per heavy atom. The summed E-state index contributed by atoms with van der Waals surface area (Å²) in [7, 11) is 1.64. The maximum absolute atomic E-state index is 13.4. The van der Waals surface area contributed by atoms with Crippen molar-refractivity contribution in [1.29, 1.82) is 0 Å². The number of fused-ring (bicyclic) bond motifs is 1. The molecular weight excluding hydrogens is 404 g/mol. The quantitative estimate of drug-likeness (QED) is 0.712. The number of rotatable bonds is 6. The second kappa shape index (κ2) is 9.41. The Kier molecular flexibility index (Phi) is 6.60. The Bertz CT molecular complexity index is 976. The molecular formula is C26H34N2O4. The Morgan fingerprint density at radius 2 is 1.84 bits per heavy atom. The summed E-state index contributed by atoms with van der Waals surface area (Å²) in [6.07, 6.45) is 0.553. The Labute approximate surface area is 190 Å². The highest BCUT2D eigenvalue weighted by Gasteiger charge is 2.44. The van der Waals surface area contributed by atoms with Crippen molar-refractivity contribution in [2.24, 2.45) is 11.8 Å². The first-order valence-electron chi connectivity index (χ1n) is 11.5. The lowest BCUT2D eigenvalue weighted by atomic mass is 9.78. The molecule has 2 N–H and O–H groups in total. The van der Waals surface area contributed by atoms with E-state index in [4.69, 9.17) is 9.47 Å². The summed E-state index contributed by atoms with van der Waals surface area (Å²) in [5.41, 5.74) is 3.62. The summed E-state index contributed by atoms with van der Waals surface area (Å²) in [5.74, 6) is 2.21. The summed E-state index contributed by atoms with van der Waals surface area (Å²) in [4.78, 5) is 15.3. The molecule has 172 valence electrons. The predicted octanol–water partition coefficient (Wildman–Crippen LogP) is 4.03. The number of nitrogens with zero attached hydrogens (tertiary/aromatic N) is 1. The van der Waals surface area contributed by atoms with E-state index < -0.39 is 6.10 Å². The van der Waals surface area contributed by atoms with Crippen LogP contribution in [0.4, 0.5) is 5.69 Å². The number of anilines is 1. The molecule has 1 amide bonds. The van der Waals surface area contributed by atoms with Crippen LogP contribution in [0.2, 0.25) is 0 Å². The van der Waals surface area contributed by atoms with Crippen molar-refractivity contribution in [2.45, 2.75) is 45.8 Å². The molecule has 1 saturated heterocycles. The maximum atomic E-state index is 13.4. The lowest BCUT2D eigenvalue weighted by molar-refractivity contribution is -0.0235. The molecule has 2 aromatic rings. The third-order valence-corrected chi connectivity index (χ3v) is 6.88. The molecule has 1 aliphatic carbocycles. The number of methoxy groups -OCH3 is 1. The van der Waals surface area contributed by atoms with Crippen LogP contribution in [0.3, 0.4) is 0 Å². The molecule has 1 saturated carbocycles. The van der Waals surface area contributed by atoms with Crippen LogP contribution < -0.4 is 14.8 Å². The third kappa shape index (κ3) is 4.42. The summed E-state index contributed by atoms with van der Waals surface area (Å²) in [6, 6.07) is 11.7. The van der Waals surface area contributed by atoms with Crippen molar-refractivity contribution >= 4 is 11.6 Å². The van der Waals surface area contributed by atoms with Gasteiger partial charge in [-0.2, -0.15) is 0 Å². The highest BCUT2D eigenvalue weighted by molar-refractivity contribution is 6.00. The zero-order chi connectivity index (χ0) is 22.8. The van der Waals surface area contributed by atoms with Crippen LogP contribution in [0.25, 0.3) is 0 Å². The lowest BCUT2D eigenvalue weighted by Gasteiger charge is -2.35. The largest absolute Gasteiger partial charge is 0.496 e. The fourth-order valence-electron chi connectivity index (χ4n) is 5.14. The number of aryl methyl sites for hydroxylation is 1. The number of nitrogens with one attached hydrogen (secondary N) is 1. The van der Waals surface area contributed by atoms with Crippen LogP contribution in [0, 0.1) is 25.7 Å². The minimum absolute atomic E-state index is 0.0645. The number of carbonyl (C=O) groups excluding carboxylic acids is 1. The van der Waals surface area contributed by atoms with E-state index in [1.807, 2.05) is 62.1 Å². The van der Waals surface area contributed by atoms with Crippen molar-refractivity contribution in [3.63, 3.8) is 0 Å². The van der Waals surface area contributed by atoms with Gasteiger partial charge in [-0.25, -0.2) is 0 Å². The lowest BCUT2D eigenvalue weighted by Crippen LogP contribution is -2.42. The molecule has 0 spiro atoms. The summed E-state index contributed by atoms with van der Waals surface area (Å²) >= 11 is 0. The topological polar surface area (TPSA) is 71.0 Å². The molecule has 0 bridgehead atoms. The van der Waals surface area contributed by atoms with Crippen molar-refractivity contribution in [3.8, 4) is 11.5 Å². The molecule has 1 heterocycles. The number of hydrogen-bond acceptors (Lipinski definition) is 5. The van der Waals surface area contributed by atoms with E-state index in [-0.39, 0.29) is 12.0 Å². The highest BCUT2D eigenvalue weighted by atomic mass is 16.5. The van der Waals surface area contributed by atoms with E-state index in [1.54, 1.807) is 7.11 Å². The fourth-order valence-corrected chi connectivity index (χ4v) is 5.14. The van der Waals surface area contributed by atoms with Gasteiger partial charge in [0.25, 0.3) is 5.91 Å². The third-order valence-electron chi connectivity index (χ3n) is 6.88. The van der Waals surface area contributed by atoms with Crippen LogP contribution in [0.15, 0.2) is 36.4 Å². The number of likely N-dealkylation sites (tertiary alicyclic amines) is 1. The van der Waals surface area contributed by atoms with Crippen LogP contribution in [0.5, 0.6) is 11.5 Å². The van der Waals surface area contributed by atoms with Crippen molar-refractivity contribution in [3.05, 3.63) is 53.1 Å². The second-order valence-corrected chi connectivity index (χ2v) is 9.09. The molecule has 2 fully saturated rings. The van der Waals surface area contributed by atoms with Crippen molar-refractivity contribution in [2.75, 3.05) is 32.1 Å². The van der Waals surface area contributed by atoms with Crippen molar-refractivity contribution < 1.29 is 19.4 Å². The fraction of sp³-hybridized carbons (Fsp3) is 0.500. The molecule has 2 aliphatic rings. The van der Waals surface area contributed by atoms with Crippen LogP contribution in [-0.4, -0.2) is 54.9 Å². The molecule has 0 unspecified atom stereocenters. The molecule has 1 aliphatic heterocycles. The van der Waals surface area contributed by atoms with E-state index >= 15 is 0 Å².